The number of nitrogens with two attached hydrogens (primary N) is 1. The van der Waals surface area contributed by atoms with Crippen molar-refractivity contribution in [3.8, 4) is 0 Å². The van der Waals surface area contributed by atoms with Gasteiger partial charge in [0.05, 0.1) is 0 Å². The molecule has 0 atom stereocenters. The minimum Gasteiger partial charge on any atom is -0.401 e. The van der Waals surface area contributed by atoms with Gasteiger partial charge < -0.3 is 11.1 Å². The Labute approximate surface area is 89.0 Å². The van der Waals surface area contributed by atoms with Crippen LogP contribution in [0.4, 0.5) is 0 Å². The van der Waals surface area contributed by atoms with E-state index in [9.17, 15) is 0 Å². The number of hydrogen-bond acceptors (Lipinski definition) is 2. The summed E-state index contributed by atoms with van der Waals surface area (Å²) in [6, 6.07) is 0. The molecule has 0 unspecified atom stereocenters. The number of unbranched alkanes of at least 4 members (excludes halogenated alkanes) is 4. The summed E-state index contributed by atoms with van der Waals surface area (Å²) < 4.78 is 0. The summed E-state index contributed by atoms with van der Waals surface area (Å²) in [5.74, 6) is 0. The summed E-state index contributed by atoms with van der Waals surface area (Å²) in [7, 11) is 0. The average molecular weight is 198 g/mol. The van der Waals surface area contributed by atoms with Crippen LogP contribution >= 0.6 is 0 Å². The summed E-state index contributed by atoms with van der Waals surface area (Å²) in [6.45, 7) is 5.47. The molecular formula is C12H26N2. The van der Waals surface area contributed by atoms with Gasteiger partial charge in [-0.15, -0.1) is 0 Å². The fourth-order valence-corrected chi connectivity index (χ4v) is 1.31. The summed E-state index contributed by atoms with van der Waals surface area (Å²) >= 11 is 0. The van der Waals surface area contributed by atoms with Gasteiger partial charge in [-0.1, -0.05) is 39.5 Å². The van der Waals surface area contributed by atoms with E-state index in [-0.39, 0.29) is 0 Å². The lowest BCUT2D eigenvalue weighted by Crippen LogP contribution is -2.10. The zero-order valence-corrected chi connectivity index (χ0v) is 9.81. The quantitative estimate of drug-likeness (QED) is 0.559. The van der Waals surface area contributed by atoms with Gasteiger partial charge >= 0.3 is 0 Å². The van der Waals surface area contributed by atoms with Gasteiger partial charge in [0.25, 0.3) is 0 Å². The molecule has 0 aromatic carbocycles. The van der Waals surface area contributed by atoms with Gasteiger partial charge in [-0.2, -0.15) is 0 Å². The van der Waals surface area contributed by atoms with E-state index in [1.54, 1.807) is 0 Å². The van der Waals surface area contributed by atoms with Crippen LogP contribution in [0.5, 0.6) is 0 Å². The van der Waals surface area contributed by atoms with E-state index >= 15 is 0 Å². The number of rotatable bonds is 9. The van der Waals surface area contributed by atoms with Crippen LogP contribution in [0.25, 0.3) is 0 Å². The molecule has 0 spiro atoms. The van der Waals surface area contributed by atoms with Crippen molar-refractivity contribution in [3.05, 3.63) is 11.9 Å². The van der Waals surface area contributed by atoms with E-state index in [0.717, 1.165) is 18.7 Å². The van der Waals surface area contributed by atoms with E-state index in [2.05, 4.69) is 19.2 Å². The largest absolute Gasteiger partial charge is 0.401 e. The number of allylic oxidation sites excluding steroid dienone is 1. The molecule has 0 bridgehead atoms. The molecule has 0 fully saturated rings. The lowest BCUT2D eigenvalue weighted by atomic mass is 10.1. The van der Waals surface area contributed by atoms with Crippen molar-refractivity contribution in [1.29, 1.82) is 0 Å². The van der Waals surface area contributed by atoms with Gasteiger partial charge in [-0.25, -0.2) is 0 Å². The second kappa shape index (κ2) is 10.4. The van der Waals surface area contributed by atoms with Crippen LogP contribution in [-0.4, -0.2) is 6.54 Å². The van der Waals surface area contributed by atoms with Crippen LogP contribution < -0.4 is 11.1 Å². The molecule has 84 valence electrons. The summed E-state index contributed by atoms with van der Waals surface area (Å²) in [4.78, 5) is 0. The molecule has 14 heavy (non-hydrogen) atoms. The van der Waals surface area contributed by atoms with Crippen LogP contribution in [-0.2, 0) is 0 Å². The fraction of sp³-hybridized carbons (Fsp3) is 0.833. The van der Waals surface area contributed by atoms with Crippen molar-refractivity contribution < 1.29 is 0 Å². The highest BCUT2D eigenvalue weighted by molar-refractivity contribution is 4.94. The Hall–Kier alpha value is -0.660. The SMILES string of the molecule is CCCCCC/C(N)=C/NCCCC. The van der Waals surface area contributed by atoms with Crippen LogP contribution in [0.3, 0.4) is 0 Å². The Bertz CT molecular complexity index is 141. The van der Waals surface area contributed by atoms with E-state index in [4.69, 9.17) is 5.73 Å². The first kappa shape index (κ1) is 13.3. The van der Waals surface area contributed by atoms with Gasteiger partial charge in [0.15, 0.2) is 0 Å². The van der Waals surface area contributed by atoms with E-state index < -0.39 is 0 Å². The molecule has 0 aliphatic carbocycles. The monoisotopic (exact) mass is 198 g/mol. The first-order valence-corrected chi connectivity index (χ1v) is 5.99. The van der Waals surface area contributed by atoms with Gasteiger partial charge in [0.2, 0.25) is 0 Å². The summed E-state index contributed by atoms with van der Waals surface area (Å²) in [5, 5.41) is 3.24. The predicted molar refractivity (Wildman–Crippen MR) is 63.9 cm³/mol. The molecule has 0 amide bonds. The third-order valence-electron chi connectivity index (χ3n) is 2.28. The molecule has 0 saturated carbocycles. The second-order valence-corrected chi connectivity index (χ2v) is 3.84. The highest BCUT2D eigenvalue weighted by Crippen LogP contribution is 2.05. The first-order chi connectivity index (χ1) is 6.81. The van der Waals surface area contributed by atoms with E-state index in [1.165, 1.54) is 38.5 Å². The third kappa shape index (κ3) is 9.43. The zero-order valence-electron chi connectivity index (χ0n) is 9.81. The van der Waals surface area contributed by atoms with Gasteiger partial charge in [0, 0.05) is 18.4 Å². The molecule has 0 heterocycles. The van der Waals surface area contributed by atoms with Crippen molar-refractivity contribution in [2.24, 2.45) is 5.73 Å². The van der Waals surface area contributed by atoms with Crippen LogP contribution in [0.2, 0.25) is 0 Å². The summed E-state index contributed by atoms with van der Waals surface area (Å²) in [5.41, 5.74) is 6.83. The molecule has 0 aliphatic heterocycles. The Morgan fingerprint density at radius 1 is 1.07 bits per heavy atom. The predicted octanol–water partition coefficient (Wildman–Crippen LogP) is 3.15. The van der Waals surface area contributed by atoms with Gasteiger partial charge in [-0.3, -0.25) is 0 Å². The number of hydrogen-bond donors (Lipinski definition) is 2. The Balaban J connectivity index is 3.28. The smallest absolute Gasteiger partial charge is 0.0240 e. The van der Waals surface area contributed by atoms with E-state index in [1.807, 2.05) is 6.20 Å². The molecule has 2 heteroatoms. The molecule has 3 N–H and O–H groups in total. The molecular weight excluding hydrogens is 172 g/mol. The van der Waals surface area contributed by atoms with Crippen molar-refractivity contribution in [3.63, 3.8) is 0 Å². The molecule has 0 rings (SSSR count). The normalized spacial score (nSPS) is 11.7. The topological polar surface area (TPSA) is 38.0 Å². The molecule has 0 aromatic heterocycles. The molecule has 2 nitrogen and oxygen atoms in total. The maximum atomic E-state index is 5.84. The minimum absolute atomic E-state index is 0.997. The molecule has 0 aliphatic rings. The lowest BCUT2D eigenvalue weighted by Gasteiger charge is -2.03. The molecule has 0 radical (unpaired) electrons. The fourth-order valence-electron chi connectivity index (χ4n) is 1.31. The number of nitrogens with one attached hydrogen (secondary N) is 1. The molecule has 0 aromatic rings. The zero-order chi connectivity index (χ0) is 10.6. The highest BCUT2D eigenvalue weighted by atomic mass is 14.8. The summed E-state index contributed by atoms with van der Waals surface area (Å²) in [6.07, 6.45) is 10.6. The van der Waals surface area contributed by atoms with Crippen LogP contribution in [0.15, 0.2) is 11.9 Å². The standard InChI is InChI=1S/C12H26N2/c1-3-5-7-8-9-12(13)11-14-10-6-4-2/h11,14H,3-10,13H2,1-2H3/b12-11-. The minimum atomic E-state index is 0.997. The van der Waals surface area contributed by atoms with Crippen molar-refractivity contribution in [2.45, 2.75) is 58.8 Å². The Morgan fingerprint density at radius 2 is 1.79 bits per heavy atom. The Kier molecular flexibility index (Phi) is 9.93. The third-order valence-corrected chi connectivity index (χ3v) is 2.28. The second-order valence-electron chi connectivity index (χ2n) is 3.84. The van der Waals surface area contributed by atoms with Crippen molar-refractivity contribution in [1.82, 2.24) is 5.32 Å². The maximum Gasteiger partial charge on any atom is 0.0240 e. The van der Waals surface area contributed by atoms with E-state index in [0.29, 0.717) is 0 Å². The van der Waals surface area contributed by atoms with Crippen molar-refractivity contribution >= 4 is 0 Å². The van der Waals surface area contributed by atoms with Crippen LogP contribution in [0.1, 0.15) is 58.8 Å². The lowest BCUT2D eigenvalue weighted by molar-refractivity contribution is 0.657. The van der Waals surface area contributed by atoms with Gasteiger partial charge in [-0.05, 0) is 19.3 Å². The van der Waals surface area contributed by atoms with Gasteiger partial charge in [0.1, 0.15) is 0 Å². The first-order valence-electron chi connectivity index (χ1n) is 5.99. The average Bonchev–Trinajstić information content (AvgIpc) is 2.19. The highest BCUT2D eigenvalue weighted by Gasteiger charge is 1.91. The maximum absolute atomic E-state index is 5.84. The molecule has 0 saturated heterocycles. The van der Waals surface area contributed by atoms with Crippen LogP contribution in [0, 0.1) is 0 Å². The van der Waals surface area contributed by atoms with Crippen molar-refractivity contribution in [2.75, 3.05) is 6.54 Å². The Morgan fingerprint density at radius 3 is 2.43 bits per heavy atom.